The largest absolute Gasteiger partial charge is 0.459 e. The Morgan fingerprint density at radius 3 is 3.00 bits per heavy atom. The zero-order valence-electron chi connectivity index (χ0n) is 10.1. The van der Waals surface area contributed by atoms with Gasteiger partial charge in [0, 0.05) is 12.5 Å². The minimum atomic E-state index is -0.319. The third-order valence-corrected chi connectivity index (χ3v) is 3.59. The second-order valence-electron chi connectivity index (χ2n) is 4.44. The van der Waals surface area contributed by atoms with E-state index in [1.165, 1.54) is 11.3 Å². The molecule has 1 fully saturated rings. The third kappa shape index (κ3) is 2.61. The molecule has 17 heavy (non-hydrogen) atoms. The van der Waals surface area contributed by atoms with Crippen molar-refractivity contribution in [2.24, 2.45) is 0 Å². The molecule has 1 aromatic rings. The fourth-order valence-electron chi connectivity index (χ4n) is 1.96. The first kappa shape index (κ1) is 12.4. The van der Waals surface area contributed by atoms with E-state index in [1.807, 2.05) is 19.2 Å². The van der Waals surface area contributed by atoms with Crippen molar-refractivity contribution in [2.75, 3.05) is 18.9 Å². The lowest BCUT2D eigenvalue weighted by Crippen LogP contribution is -2.15. The molecule has 1 atom stereocenters. The summed E-state index contributed by atoms with van der Waals surface area (Å²) in [5, 5.41) is 2.49. The number of carbonyl (C=O) groups excluding carboxylic acids is 1. The number of thiophene rings is 1. The summed E-state index contributed by atoms with van der Waals surface area (Å²) in [6, 6.07) is 0. The fourth-order valence-corrected chi connectivity index (χ4v) is 2.84. The fraction of sp³-hybridized carbons (Fsp3) is 0.583. The van der Waals surface area contributed by atoms with E-state index in [4.69, 9.17) is 15.2 Å². The Hall–Kier alpha value is -1.07. The molecule has 1 saturated heterocycles. The predicted octanol–water partition coefficient (Wildman–Crippen LogP) is 2.40. The first-order valence-electron chi connectivity index (χ1n) is 5.75. The van der Waals surface area contributed by atoms with Crippen LogP contribution in [0.3, 0.4) is 0 Å². The number of hydrogen-bond acceptors (Lipinski definition) is 5. The Labute approximate surface area is 105 Å². The maximum Gasteiger partial charge on any atom is 0.341 e. The molecule has 2 rings (SSSR count). The Morgan fingerprint density at radius 2 is 2.41 bits per heavy atom. The van der Waals surface area contributed by atoms with Gasteiger partial charge in [0.2, 0.25) is 0 Å². The monoisotopic (exact) mass is 255 g/mol. The topological polar surface area (TPSA) is 61.5 Å². The Kier molecular flexibility index (Phi) is 3.69. The first-order valence-corrected chi connectivity index (χ1v) is 6.63. The Balaban J connectivity index is 2.25. The highest BCUT2D eigenvalue weighted by Crippen LogP contribution is 2.35. The molecule has 0 amide bonds. The van der Waals surface area contributed by atoms with Crippen LogP contribution in [-0.2, 0) is 9.47 Å². The van der Waals surface area contributed by atoms with Crippen molar-refractivity contribution in [3.05, 3.63) is 16.5 Å². The van der Waals surface area contributed by atoms with Crippen molar-refractivity contribution in [3.63, 3.8) is 0 Å². The van der Waals surface area contributed by atoms with Crippen LogP contribution in [0, 0.1) is 0 Å². The number of nitrogen functional groups attached to an aromatic ring is 1. The summed E-state index contributed by atoms with van der Waals surface area (Å²) in [6.07, 6.45) is 0.812. The van der Waals surface area contributed by atoms with Crippen LogP contribution in [0.25, 0.3) is 0 Å². The van der Waals surface area contributed by atoms with Crippen LogP contribution in [0.2, 0.25) is 0 Å². The molecule has 2 heterocycles. The number of ether oxygens (including phenoxy) is 2. The van der Waals surface area contributed by atoms with Crippen LogP contribution < -0.4 is 5.73 Å². The van der Waals surface area contributed by atoms with E-state index < -0.39 is 0 Å². The van der Waals surface area contributed by atoms with Crippen molar-refractivity contribution in [1.82, 2.24) is 0 Å². The Bertz CT molecular complexity index is 408. The van der Waals surface area contributed by atoms with E-state index in [0.29, 0.717) is 17.2 Å². The predicted molar refractivity (Wildman–Crippen MR) is 67.5 cm³/mol. The van der Waals surface area contributed by atoms with Crippen molar-refractivity contribution < 1.29 is 14.3 Å². The molecular formula is C12H17NO3S. The van der Waals surface area contributed by atoms with Gasteiger partial charge in [-0.2, -0.15) is 0 Å². The van der Waals surface area contributed by atoms with Gasteiger partial charge in [0.25, 0.3) is 0 Å². The van der Waals surface area contributed by atoms with Crippen molar-refractivity contribution in [3.8, 4) is 0 Å². The molecule has 0 radical (unpaired) electrons. The van der Waals surface area contributed by atoms with E-state index in [-0.39, 0.29) is 18.0 Å². The SMILES string of the molecule is CC(C)OC(=O)c1c(C2CCOC2)csc1N. The van der Waals surface area contributed by atoms with Crippen molar-refractivity contribution >= 4 is 22.3 Å². The second-order valence-corrected chi connectivity index (χ2v) is 5.36. The Morgan fingerprint density at radius 1 is 1.65 bits per heavy atom. The second kappa shape index (κ2) is 5.06. The zero-order valence-corrected chi connectivity index (χ0v) is 10.9. The molecule has 0 bridgehead atoms. The van der Waals surface area contributed by atoms with E-state index in [2.05, 4.69) is 0 Å². The highest BCUT2D eigenvalue weighted by Gasteiger charge is 2.27. The molecular weight excluding hydrogens is 238 g/mol. The molecule has 1 aliphatic heterocycles. The summed E-state index contributed by atoms with van der Waals surface area (Å²) in [7, 11) is 0. The molecule has 2 N–H and O–H groups in total. The van der Waals surface area contributed by atoms with Gasteiger partial charge in [-0.05, 0) is 31.2 Å². The minimum Gasteiger partial charge on any atom is -0.459 e. The van der Waals surface area contributed by atoms with E-state index in [9.17, 15) is 4.79 Å². The molecule has 5 heteroatoms. The van der Waals surface area contributed by atoms with Gasteiger partial charge in [0.05, 0.1) is 18.3 Å². The average molecular weight is 255 g/mol. The number of rotatable bonds is 3. The van der Waals surface area contributed by atoms with Gasteiger partial charge in [-0.25, -0.2) is 4.79 Å². The number of anilines is 1. The summed E-state index contributed by atoms with van der Waals surface area (Å²) in [5.74, 6) is -0.0427. The zero-order chi connectivity index (χ0) is 12.4. The van der Waals surface area contributed by atoms with Crippen LogP contribution in [0.15, 0.2) is 5.38 Å². The summed E-state index contributed by atoms with van der Waals surface area (Å²) >= 11 is 1.39. The quantitative estimate of drug-likeness (QED) is 0.842. The molecule has 1 aromatic heterocycles. The van der Waals surface area contributed by atoms with Crippen LogP contribution in [-0.4, -0.2) is 25.3 Å². The van der Waals surface area contributed by atoms with Gasteiger partial charge >= 0.3 is 5.97 Å². The summed E-state index contributed by atoms with van der Waals surface area (Å²) in [5.41, 5.74) is 7.39. The number of carbonyl (C=O) groups is 1. The van der Waals surface area contributed by atoms with Gasteiger partial charge in [-0.3, -0.25) is 0 Å². The third-order valence-electron chi connectivity index (χ3n) is 2.76. The standard InChI is InChI=1S/C12H17NO3S/c1-7(2)16-12(14)10-9(6-17-11(10)13)8-3-4-15-5-8/h6-8H,3-5,13H2,1-2H3. The van der Waals surface area contributed by atoms with Gasteiger partial charge in [-0.1, -0.05) is 0 Å². The molecule has 0 aromatic carbocycles. The maximum absolute atomic E-state index is 12.0. The summed E-state index contributed by atoms with van der Waals surface area (Å²) < 4.78 is 10.6. The first-order chi connectivity index (χ1) is 8.09. The van der Waals surface area contributed by atoms with Crippen LogP contribution >= 0.6 is 11.3 Å². The van der Waals surface area contributed by atoms with Crippen LogP contribution in [0.4, 0.5) is 5.00 Å². The van der Waals surface area contributed by atoms with Gasteiger partial charge in [0.15, 0.2) is 0 Å². The highest BCUT2D eigenvalue weighted by atomic mass is 32.1. The number of esters is 1. The molecule has 1 unspecified atom stereocenters. The maximum atomic E-state index is 12.0. The lowest BCUT2D eigenvalue weighted by molar-refractivity contribution is 0.0378. The summed E-state index contributed by atoms with van der Waals surface area (Å²) in [6.45, 7) is 5.08. The van der Waals surface area contributed by atoms with Gasteiger partial charge in [0.1, 0.15) is 5.00 Å². The summed E-state index contributed by atoms with van der Waals surface area (Å²) in [4.78, 5) is 12.0. The molecule has 1 aliphatic rings. The van der Waals surface area contributed by atoms with Gasteiger partial charge < -0.3 is 15.2 Å². The smallest absolute Gasteiger partial charge is 0.341 e. The average Bonchev–Trinajstić information content (AvgIpc) is 2.84. The molecule has 94 valence electrons. The van der Waals surface area contributed by atoms with Crippen LogP contribution in [0.1, 0.15) is 42.1 Å². The number of hydrogen-bond donors (Lipinski definition) is 1. The normalized spacial score (nSPS) is 19.8. The van der Waals surface area contributed by atoms with Crippen molar-refractivity contribution in [1.29, 1.82) is 0 Å². The van der Waals surface area contributed by atoms with Crippen molar-refractivity contribution in [2.45, 2.75) is 32.3 Å². The van der Waals surface area contributed by atoms with E-state index in [1.54, 1.807) is 0 Å². The van der Waals surface area contributed by atoms with E-state index >= 15 is 0 Å². The molecule has 4 nitrogen and oxygen atoms in total. The molecule has 0 saturated carbocycles. The number of nitrogens with two attached hydrogens (primary N) is 1. The van der Waals surface area contributed by atoms with Crippen LogP contribution in [0.5, 0.6) is 0 Å². The van der Waals surface area contributed by atoms with E-state index in [0.717, 1.165) is 18.6 Å². The molecule has 0 spiro atoms. The van der Waals surface area contributed by atoms with Gasteiger partial charge in [-0.15, -0.1) is 11.3 Å². The lowest BCUT2D eigenvalue weighted by Gasteiger charge is -2.12. The highest BCUT2D eigenvalue weighted by molar-refractivity contribution is 7.14. The molecule has 0 aliphatic carbocycles. The minimum absolute atomic E-state index is 0.130. The lowest BCUT2D eigenvalue weighted by atomic mass is 9.97.